The first-order chi connectivity index (χ1) is 7.02. The Labute approximate surface area is 84.5 Å². The molecule has 1 aromatic rings. The molecule has 4 nitrogen and oxygen atoms in total. The van der Waals surface area contributed by atoms with Gasteiger partial charge in [-0.15, -0.1) is 10.2 Å². The van der Waals surface area contributed by atoms with E-state index in [1.54, 1.807) is 0 Å². The largest absolute Gasteiger partial charge is 0.451 e. The van der Waals surface area contributed by atoms with Crippen molar-refractivity contribution in [3.8, 4) is 0 Å². The molecule has 0 aliphatic carbocycles. The van der Waals surface area contributed by atoms with Gasteiger partial charge in [0.1, 0.15) is 5.82 Å². The summed E-state index contributed by atoms with van der Waals surface area (Å²) in [6.07, 6.45) is -3.06. The molecule has 1 atom stereocenters. The molecule has 2 rings (SSSR count). The normalized spacial score (nSPS) is 21.5. The summed E-state index contributed by atoms with van der Waals surface area (Å²) >= 11 is 0. The predicted molar refractivity (Wildman–Crippen MR) is 45.9 cm³/mol. The van der Waals surface area contributed by atoms with E-state index in [1.165, 1.54) is 0 Å². The first-order valence-electron chi connectivity index (χ1n) is 4.75. The maximum atomic E-state index is 12.4. The molecule has 84 valence electrons. The zero-order chi connectivity index (χ0) is 11.1. The highest BCUT2D eigenvalue weighted by Crippen LogP contribution is 2.29. The number of hydrogen-bond acceptors (Lipinski definition) is 3. The molecule has 1 aliphatic heterocycles. The van der Waals surface area contributed by atoms with Gasteiger partial charge in [0.15, 0.2) is 0 Å². The van der Waals surface area contributed by atoms with Crippen molar-refractivity contribution in [2.24, 2.45) is 0 Å². The molecule has 1 aliphatic rings. The van der Waals surface area contributed by atoms with Gasteiger partial charge in [-0.1, -0.05) is 6.92 Å². The van der Waals surface area contributed by atoms with Gasteiger partial charge < -0.3 is 0 Å². The Balaban J connectivity index is 2.30. The van der Waals surface area contributed by atoms with Crippen molar-refractivity contribution < 1.29 is 13.2 Å². The number of hydrogen-bond donors (Lipinski definition) is 1. The summed E-state index contributed by atoms with van der Waals surface area (Å²) in [5, 5.41) is 9.77. The minimum atomic E-state index is -4.42. The van der Waals surface area contributed by atoms with Crippen LogP contribution >= 0.6 is 0 Å². The van der Waals surface area contributed by atoms with Crippen LogP contribution in [0.25, 0.3) is 0 Å². The van der Waals surface area contributed by atoms with Gasteiger partial charge in [-0.05, 0) is 6.42 Å². The van der Waals surface area contributed by atoms with Crippen molar-refractivity contribution in [3.63, 3.8) is 0 Å². The molecular formula is C8H11F3N4. The molecule has 1 aromatic heterocycles. The van der Waals surface area contributed by atoms with Crippen LogP contribution in [-0.2, 0) is 19.3 Å². The van der Waals surface area contributed by atoms with Crippen LogP contribution in [0.5, 0.6) is 0 Å². The average molecular weight is 220 g/mol. The minimum Gasteiger partial charge on any atom is -0.296 e. The zero-order valence-corrected chi connectivity index (χ0v) is 8.17. The lowest BCUT2D eigenvalue weighted by molar-refractivity contribution is -0.148. The van der Waals surface area contributed by atoms with Crippen molar-refractivity contribution in [2.75, 3.05) is 0 Å². The highest BCUT2D eigenvalue weighted by Gasteiger charge is 2.39. The first-order valence-corrected chi connectivity index (χ1v) is 4.75. The van der Waals surface area contributed by atoms with E-state index in [0.717, 1.165) is 11.0 Å². The van der Waals surface area contributed by atoms with Crippen molar-refractivity contribution in [1.29, 1.82) is 0 Å². The van der Waals surface area contributed by atoms with Crippen LogP contribution in [-0.4, -0.2) is 20.8 Å². The van der Waals surface area contributed by atoms with E-state index in [-0.39, 0.29) is 12.7 Å². The van der Waals surface area contributed by atoms with Crippen molar-refractivity contribution in [1.82, 2.24) is 20.1 Å². The van der Waals surface area contributed by atoms with Crippen LogP contribution in [0.4, 0.5) is 13.2 Å². The maximum Gasteiger partial charge on any atom is 0.451 e. The van der Waals surface area contributed by atoms with Crippen LogP contribution in [0, 0.1) is 0 Å². The molecule has 1 unspecified atom stereocenters. The Hall–Kier alpha value is -1.11. The molecule has 2 heterocycles. The van der Waals surface area contributed by atoms with Gasteiger partial charge in [-0.2, -0.15) is 13.2 Å². The van der Waals surface area contributed by atoms with E-state index in [4.69, 9.17) is 0 Å². The van der Waals surface area contributed by atoms with E-state index >= 15 is 0 Å². The third-order valence-corrected chi connectivity index (χ3v) is 2.54. The molecule has 0 fully saturated rings. The van der Waals surface area contributed by atoms with Crippen LogP contribution < -0.4 is 5.32 Å². The number of aromatic nitrogens is 3. The second-order valence-electron chi connectivity index (χ2n) is 3.54. The summed E-state index contributed by atoms with van der Waals surface area (Å²) in [5.74, 6) is -0.507. The Morgan fingerprint density at radius 2 is 2.20 bits per heavy atom. The Morgan fingerprint density at radius 3 is 2.80 bits per heavy atom. The average Bonchev–Trinajstić information content (AvgIpc) is 2.59. The fraction of sp³-hybridized carbons (Fsp3) is 0.750. The van der Waals surface area contributed by atoms with Crippen LogP contribution in [0.2, 0.25) is 0 Å². The lowest BCUT2D eigenvalue weighted by atomic mass is 10.1. The molecule has 1 N–H and O–H groups in total. The molecular weight excluding hydrogens is 209 g/mol. The smallest absolute Gasteiger partial charge is 0.296 e. The lowest BCUT2D eigenvalue weighted by Crippen LogP contribution is -2.39. The van der Waals surface area contributed by atoms with Crippen molar-refractivity contribution in [2.45, 2.75) is 38.7 Å². The Kier molecular flexibility index (Phi) is 2.41. The molecule has 0 spiro atoms. The minimum absolute atomic E-state index is 0.135. The molecule has 0 amide bonds. The maximum absolute atomic E-state index is 12.4. The summed E-state index contributed by atoms with van der Waals surface area (Å²) in [5.41, 5.74) is 0. The molecule has 0 aromatic carbocycles. The van der Waals surface area contributed by atoms with Crippen LogP contribution in [0.15, 0.2) is 0 Å². The number of alkyl halides is 3. The molecule has 7 heteroatoms. The molecule has 0 radical (unpaired) electrons. The number of fused-ring (bicyclic) bond motifs is 1. The molecule has 0 saturated heterocycles. The zero-order valence-electron chi connectivity index (χ0n) is 8.17. The number of halogens is 3. The van der Waals surface area contributed by atoms with Gasteiger partial charge in [0, 0.05) is 12.5 Å². The Bertz CT molecular complexity index is 357. The second kappa shape index (κ2) is 3.48. The topological polar surface area (TPSA) is 42.7 Å². The van der Waals surface area contributed by atoms with Gasteiger partial charge in [0.25, 0.3) is 0 Å². The molecule has 0 bridgehead atoms. The van der Waals surface area contributed by atoms with Gasteiger partial charge in [-0.3, -0.25) is 9.88 Å². The fourth-order valence-electron chi connectivity index (χ4n) is 1.66. The number of rotatable bonds is 1. The summed E-state index contributed by atoms with van der Waals surface area (Å²) in [6.45, 7) is 2.12. The van der Waals surface area contributed by atoms with E-state index in [9.17, 15) is 13.2 Å². The van der Waals surface area contributed by atoms with Gasteiger partial charge in [0.05, 0.1) is 6.67 Å². The van der Waals surface area contributed by atoms with E-state index in [2.05, 4.69) is 15.5 Å². The summed E-state index contributed by atoms with van der Waals surface area (Å²) < 4.78 is 38.4. The van der Waals surface area contributed by atoms with Crippen molar-refractivity contribution in [3.05, 3.63) is 11.6 Å². The third-order valence-electron chi connectivity index (χ3n) is 2.54. The number of nitrogens with zero attached hydrogens (tertiary/aromatic N) is 3. The van der Waals surface area contributed by atoms with Gasteiger partial charge in [-0.25, -0.2) is 0 Å². The molecule has 0 saturated carbocycles. The third kappa shape index (κ3) is 1.83. The van der Waals surface area contributed by atoms with E-state index in [0.29, 0.717) is 12.2 Å². The lowest BCUT2D eigenvalue weighted by Gasteiger charge is -2.24. The summed E-state index contributed by atoms with van der Waals surface area (Å²) in [6, 6.07) is 0.197. The number of nitrogens with one attached hydrogen (secondary N) is 1. The predicted octanol–water partition coefficient (Wildman–Crippen LogP) is 1.18. The SMILES string of the molecule is CCC1Cc2nnc(C(F)(F)F)n2CN1. The van der Waals surface area contributed by atoms with Gasteiger partial charge >= 0.3 is 6.18 Å². The fourth-order valence-corrected chi connectivity index (χ4v) is 1.66. The van der Waals surface area contributed by atoms with Gasteiger partial charge in [0.2, 0.25) is 5.82 Å². The monoisotopic (exact) mass is 220 g/mol. The first kappa shape index (κ1) is 10.4. The standard InChI is InChI=1S/C8H11F3N4/c1-2-5-3-6-13-14-7(8(9,10)11)15(6)4-12-5/h5,12H,2-4H2,1H3. The second-order valence-corrected chi connectivity index (χ2v) is 3.54. The van der Waals surface area contributed by atoms with Crippen LogP contribution in [0.1, 0.15) is 25.0 Å². The van der Waals surface area contributed by atoms with Crippen molar-refractivity contribution >= 4 is 0 Å². The van der Waals surface area contributed by atoms with E-state index < -0.39 is 12.0 Å². The Morgan fingerprint density at radius 1 is 1.47 bits per heavy atom. The quantitative estimate of drug-likeness (QED) is 0.772. The molecule has 15 heavy (non-hydrogen) atoms. The summed E-state index contributed by atoms with van der Waals surface area (Å²) in [4.78, 5) is 0. The van der Waals surface area contributed by atoms with E-state index in [1.807, 2.05) is 6.92 Å². The highest BCUT2D eigenvalue weighted by molar-refractivity contribution is 5.03. The highest BCUT2D eigenvalue weighted by atomic mass is 19.4. The van der Waals surface area contributed by atoms with Crippen LogP contribution in [0.3, 0.4) is 0 Å². The summed E-state index contributed by atoms with van der Waals surface area (Å²) in [7, 11) is 0.